The number of methoxy groups -OCH3 is 1. The summed E-state index contributed by atoms with van der Waals surface area (Å²) in [6.07, 6.45) is 1.63. The van der Waals surface area contributed by atoms with Crippen LogP contribution in [0.4, 0.5) is 0 Å². The Kier molecular flexibility index (Phi) is 6.29. The highest BCUT2D eigenvalue weighted by molar-refractivity contribution is 5.94. The summed E-state index contributed by atoms with van der Waals surface area (Å²) in [6, 6.07) is 7.15. The third-order valence-electron chi connectivity index (χ3n) is 2.43. The number of carbonyl (C=O) groups excluding carboxylic acids is 2. The standard InChI is InChI=1S/C15H18O5/c1-4-19-15(17)13(10-20-11(2)16)9-12-5-7-14(18-3)8-6-12/h5-9H,4,10H2,1-3H3/b13-9-. The maximum absolute atomic E-state index is 11.8. The lowest BCUT2D eigenvalue weighted by Gasteiger charge is -2.07. The molecule has 0 amide bonds. The summed E-state index contributed by atoms with van der Waals surface area (Å²) < 4.78 is 14.8. The van der Waals surface area contributed by atoms with Gasteiger partial charge in [-0.25, -0.2) is 4.79 Å². The van der Waals surface area contributed by atoms with E-state index in [1.807, 2.05) is 0 Å². The first-order valence-electron chi connectivity index (χ1n) is 6.22. The molecule has 0 aliphatic heterocycles. The zero-order valence-corrected chi connectivity index (χ0v) is 11.8. The van der Waals surface area contributed by atoms with Gasteiger partial charge in [-0.05, 0) is 30.7 Å². The molecule has 0 saturated carbocycles. The molecule has 1 aromatic rings. The van der Waals surface area contributed by atoms with Crippen LogP contribution in [0, 0.1) is 0 Å². The largest absolute Gasteiger partial charge is 0.497 e. The molecule has 0 bridgehead atoms. The smallest absolute Gasteiger partial charge is 0.337 e. The number of esters is 2. The molecular weight excluding hydrogens is 260 g/mol. The number of benzene rings is 1. The Balaban J connectivity index is 2.91. The van der Waals surface area contributed by atoms with E-state index >= 15 is 0 Å². The van der Waals surface area contributed by atoms with Crippen LogP contribution < -0.4 is 4.74 Å². The van der Waals surface area contributed by atoms with Crippen molar-refractivity contribution in [3.05, 3.63) is 35.4 Å². The van der Waals surface area contributed by atoms with Crippen molar-refractivity contribution >= 4 is 18.0 Å². The molecular formula is C15H18O5. The van der Waals surface area contributed by atoms with E-state index in [-0.39, 0.29) is 18.8 Å². The van der Waals surface area contributed by atoms with Crippen molar-refractivity contribution in [1.29, 1.82) is 0 Å². The van der Waals surface area contributed by atoms with E-state index < -0.39 is 11.9 Å². The fourth-order valence-corrected chi connectivity index (χ4v) is 1.46. The van der Waals surface area contributed by atoms with Crippen molar-refractivity contribution in [3.8, 4) is 5.75 Å². The molecule has 5 heteroatoms. The number of hydrogen-bond donors (Lipinski definition) is 0. The van der Waals surface area contributed by atoms with E-state index in [4.69, 9.17) is 14.2 Å². The van der Waals surface area contributed by atoms with Crippen LogP contribution in [0.5, 0.6) is 5.75 Å². The Hall–Kier alpha value is -2.30. The highest BCUT2D eigenvalue weighted by atomic mass is 16.5. The monoisotopic (exact) mass is 278 g/mol. The van der Waals surface area contributed by atoms with Gasteiger partial charge in [0.25, 0.3) is 0 Å². The minimum absolute atomic E-state index is 0.111. The second-order valence-corrected chi connectivity index (χ2v) is 3.94. The van der Waals surface area contributed by atoms with Gasteiger partial charge in [0, 0.05) is 6.92 Å². The third kappa shape index (κ3) is 5.14. The lowest BCUT2D eigenvalue weighted by atomic mass is 10.1. The van der Waals surface area contributed by atoms with Crippen LogP contribution >= 0.6 is 0 Å². The summed E-state index contributed by atoms with van der Waals surface area (Å²) >= 11 is 0. The zero-order valence-electron chi connectivity index (χ0n) is 11.8. The molecule has 0 heterocycles. The Bertz CT molecular complexity index is 487. The summed E-state index contributed by atoms with van der Waals surface area (Å²) in [5.74, 6) is -0.223. The highest BCUT2D eigenvalue weighted by Crippen LogP contribution is 2.15. The van der Waals surface area contributed by atoms with Gasteiger partial charge in [0.05, 0.1) is 19.3 Å². The molecule has 0 saturated heterocycles. The fourth-order valence-electron chi connectivity index (χ4n) is 1.46. The maximum Gasteiger partial charge on any atom is 0.337 e. The van der Waals surface area contributed by atoms with Gasteiger partial charge in [0.15, 0.2) is 0 Å². The van der Waals surface area contributed by atoms with Gasteiger partial charge in [-0.1, -0.05) is 12.1 Å². The van der Waals surface area contributed by atoms with Crippen molar-refractivity contribution in [3.63, 3.8) is 0 Å². The minimum Gasteiger partial charge on any atom is -0.497 e. The van der Waals surface area contributed by atoms with Gasteiger partial charge in [0.2, 0.25) is 0 Å². The summed E-state index contributed by atoms with van der Waals surface area (Å²) in [7, 11) is 1.58. The first-order valence-corrected chi connectivity index (χ1v) is 6.22. The zero-order chi connectivity index (χ0) is 15.0. The van der Waals surface area contributed by atoms with Gasteiger partial charge < -0.3 is 14.2 Å². The molecule has 0 radical (unpaired) electrons. The first kappa shape index (κ1) is 15.8. The number of rotatable bonds is 6. The van der Waals surface area contributed by atoms with Gasteiger partial charge in [-0.15, -0.1) is 0 Å². The molecule has 1 rings (SSSR count). The van der Waals surface area contributed by atoms with E-state index in [1.165, 1.54) is 6.92 Å². The van der Waals surface area contributed by atoms with Crippen LogP contribution in [0.2, 0.25) is 0 Å². The van der Waals surface area contributed by atoms with Crippen molar-refractivity contribution < 1.29 is 23.8 Å². The summed E-state index contributed by atoms with van der Waals surface area (Å²) in [5.41, 5.74) is 1.08. The molecule has 0 aliphatic carbocycles. The second-order valence-electron chi connectivity index (χ2n) is 3.94. The van der Waals surface area contributed by atoms with Crippen molar-refractivity contribution in [2.45, 2.75) is 13.8 Å². The van der Waals surface area contributed by atoms with Crippen molar-refractivity contribution in [2.75, 3.05) is 20.3 Å². The molecule has 5 nitrogen and oxygen atoms in total. The number of ether oxygens (including phenoxy) is 3. The first-order chi connectivity index (χ1) is 9.56. The average molecular weight is 278 g/mol. The Morgan fingerprint density at radius 2 is 1.80 bits per heavy atom. The molecule has 0 aromatic heterocycles. The normalized spacial score (nSPS) is 10.8. The predicted octanol–water partition coefficient (Wildman–Crippen LogP) is 2.20. The van der Waals surface area contributed by atoms with Crippen molar-refractivity contribution in [1.82, 2.24) is 0 Å². The molecule has 0 aliphatic rings. The van der Waals surface area contributed by atoms with Crippen molar-refractivity contribution in [2.24, 2.45) is 0 Å². The van der Waals surface area contributed by atoms with E-state index in [0.717, 1.165) is 11.3 Å². The van der Waals surface area contributed by atoms with Gasteiger partial charge in [-0.2, -0.15) is 0 Å². The van der Waals surface area contributed by atoms with Gasteiger partial charge in [0.1, 0.15) is 12.4 Å². The van der Waals surface area contributed by atoms with Crippen LogP contribution in [-0.2, 0) is 19.1 Å². The van der Waals surface area contributed by atoms with Crippen LogP contribution in [0.25, 0.3) is 6.08 Å². The Morgan fingerprint density at radius 1 is 1.15 bits per heavy atom. The molecule has 108 valence electrons. The SMILES string of the molecule is CCOC(=O)/C(=C\c1ccc(OC)cc1)COC(C)=O. The molecule has 0 spiro atoms. The fraction of sp³-hybridized carbons (Fsp3) is 0.333. The summed E-state index contributed by atoms with van der Waals surface area (Å²) in [5, 5.41) is 0. The molecule has 0 atom stereocenters. The third-order valence-corrected chi connectivity index (χ3v) is 2.43. The molecule has 20 heavy (non-hydrogen) atoms. The summed E-state index contributed by atoms with van der Waals surface area (Å²) in [6.45, 7) is 3.16. The Morgan fingerprint density at radius 3 is 2.30 bits per heavy atom. The Labute approximate surface area is 118 Å². The number of hydrogen-bond acceptors (Lipinski definition) is 5. The van der Waals surface area contributed by atoms with Gasteiger partial charge >= 0.3 is 11.9 Å². The molecule has 0 N–H and O–H groups in total. The van der Waals surface area contributed by atoms with E-state index in [1.54, 1.807) is 44.4 Å². The molecule has 1 aromatic carbocycles. The number of carbonyl (C=O) groups is 2. The van der Waals surface area contributed by atoms with Crippen LogP contribution in [0.3, 0.4) is 0 Å². The minimum atomic E-state index is -0.496. The highest BCUT2D eigenvalue weighted by Gasteiger charge is 2.12. The average Bonchev–Trinajstić information content (AvgIpc) is 2.44. The molecule has 0 fully saturated rings. The topological polar surface area (TPSA) is 61.8 Å². The second kappa shape index (κ2) is 7.99. The predicted molar refractivity (Wildman–Crippen MR) is 74.2 cm³/mol. The van der Waals surface area contributed by atoms with E-state index in [0.29, 0.717) is 0 Å². The lowest BCUT2D eigenvalue weighted by Crippen LogP contribution is -2.14. The van der Waals surface area contributed by atoms with Crippen LogP contribution in [0.15, 0.2) is 29.8 Å². The van der Waals surface area contributed by atoms with Crippen LogP contribution in [-0.4, -0.2) is 32.3 Å². The van der Waals surface area contributed by atoms with E-state index in [2.05, 4.69) is 0 Å². The van der Waals surface area contributed by atoms with E-state index in [9.17, 15) is 9.59 Å². The van der Waals surface area contributed by atoms with Gasteiger partial charge in [-0.3, -0.25) is 4.79 Å². The quantitative estimate of drug-likeness (QED) is 0.589. The van der Waals surface area contributed by atoms with Crippen LogP contribution in [0.1, 0.15) is 19.4 Å². The summed E-state index contributed by atoms with van der Waals surface area (Å²) in [4.78, 5) is 22.6. The molecule has 0 unspecified atom stereocenters. The maximum atomic E-state index is 11.8. The lowest BCUT2D eigenvalue weighted by molar-refractivity contribution is -0.142.